The summed E-state index contributed by atoms with van der Waals surface area (Å²) in [5, 5.41) is 0. The zero-order valence-corrected chi connectivity index (χ0v) is 24.8. The van der Waals surface area contributed by atoms with Crippen molar-refractivity contribution in [3.8, 4) is 0 Å². The number of hydrogen-bond acceptors (Lipinski definition) is 4. The maximum atomic E-state index is 7.25. The topological polar surface area (TPSA) is 36.9 Å². The van der Waals surface area contributed by atoms with Crippen molar-refractivity contribution in [2.75, 3.05) is 19.8 Å². The first kappa shape index (κ1) is 30.9. The van der Waals surface area contributed by atoms with Gasteiger partial charge in [-0.3, -0.25) is 0 Å². The molecule has 0 radical (unpaired) electrons. The van der Waals surface area contributed by atoms with Gasteiger partial charge in [0.15, 0.2) is 0 Å². The van der Waals surface area contributed by atoms with E-state index in [1.165, 1.54) is 56.7 Å². The molecule has 0 saturated carbocycles. The maximum absolute atomic E-state index is 7.25. The molecule has 0 amide bonds. The molecule has 0 spiro atoms. The Bertz CT molecular complexity index is 323. The summed E-state index contributed by atoms with van der Waals surface area (Å²) in [4.78, 5) is 0. The van der Waals surface area contributed by atoms with Gasteiger partial charge in [0.2, 0.25) is 0 Å². The van der Waals surface area contributed by atoms with Crippen LogP contribution in [-0.4, -0.2) is 28.1 Å². The van der Waals surface area contributed by atoms with Crippen LogP contribution in [0.5, 0.6) is 0 Å². The van der Waals surface area contributed by atoms with Crippen LogP contribution in [0.2, 0.25) is 18.1 Å². The Kier molecular flexibility index (Phi) is 21.2. The van der Waals surface area contributed by atoms with Crippen LogP contribution in [0.3, 0.4) is 0 Å². The van der Waals surface area contributed by atoms with E-state index in [0.717, 1.165) is 38.5 Å². The molecule has 0 unspecified atom stereocenters. The van der Waals surface area contributed by atoms with Gasteiger partial charge in [-0.05, 0) is 0 Å². The molecule has 0 aromatic rings. The quantitative estimate of drug-likeness (QED) is 0.0988. The zero-order chi connectivity index (χ0) is 22.6. The molecular weight excluding hydrogens is 472 g/mol. The summed E-state index contributed by atoms with van der Waals surface area (Å²) in [5.74, 6) is 0. The fourth-order valence-corrected chi connectivity index (χ4v) is 19.3. The molecule has 0 rings (SSSR count). The molecule has 0 aromatic heterocycles. The van der Waals surface area contributed by atoms with Gasteiger partial charge < -0.3 is 0 Å². The van der Waals surface area contributed by atoms with E-state index in [0.29, 0.717) is 19.8 Å². The molecule has 0 aliphatic rings. The number of rotatable bonds is 23. The average molecular weight is 526 g/mol. The molecule has 30 heavy (non-hydrogen) atoms. The van der Waals surface area contributed by atoms with Crippen LogP contribution in [0.15, 0.2) is 0 Å². The monoisotopic (exact) mass is 524 g/mol. The second kappa shape index (κ2) is 20.5. The van der Waals surface area contributed by atoms with E-state index >= 15 is 0 Å². The summed E-state index contributed by atoms with van der Waals surface area (Å²) in [7, 11) is -1.96. The molecule has 0 bridgehead atoms. The van der Waals surface area contributed by atoms with Crippen molar-refractivity contribution in [1.29, 1.82) is 0 Å². The van der Waals surface area contributed by atoms with Gasteiger partial charge in [-0.15, -0.1) is 0 Å². The van der Waals surface area contributed by atoms with E-state index < -0.39 is 30.3 Å². The van der Waals surface area contributed by atoms with E-state index in [-0.39, 0.29) is 0 Å². The van der Waals surface area contributed by atoms with E-state index in [2.05, 4.69) is 41.5 Å². The van der Waals surface area contributed by atoms with Crippen molar-refractivity contribution in [1.82, 2.24) is 0 Å². The van der Waals surface area contributed by atoms with Crippen LogP contribution in [-0.2, 0) is 33.0 Å². The average Bonchev–Trinajstić information content (AvgIpc) is 2.75. The van der Waals surface area contributed by atoms with Crippen molar-refractivity contribution in [3.63, 3.8) is 0 Å². The predicted octanol–water partition coefficient (Wildman–Crippen LogP) is 8.61. The van der Waals surface area contributed by atoms with Crippen LogP contribution in [0, 0.1) is 0 Å². The summed E-state index contributed by atoms with van der Waals surface area (Å²) >= 11 is -4.07. The minimum absolute atomic E-state index is 0.713. The van der Waals surface area contributed by atoms with E-state index in [1.807, 2.05) is 0 Å². The van der Waals surface area contributed by atoms with Crippen LogP contribution < -0.4 is 0 Å². The number of hydrogen-bond donors (Lipinski definition) is 0. The predicted molar refractivity (Wildman–Crippen MR) is 129 cm³/mol. The third kappa shape index (κ3) is 14.2. The fourth-order valence-electron chi connectivity index (χ4n) is 3.53. The Morgan fingerprint density at radius 1 is 0.467 bits per heavy atom. The second-order valence-corrected chi connectivity index (χ2v) is 18.9. The molecule has 0 aromatic carbocycles. The van der Waals surface area contributed by atoms with E-state index in [1.54, 1.807) is 0 Å². The summed E-state index contributed by atoms with van der Waals surface area (Å²) in [6, 6.07) is 3.69. The van der Waals surface area contributed by atoms with Gasteiger partial charge in [0.05, 0.1) is 0 Å². The van der Waals surface area contributed by atoms with Gasteiger partial charge in [-0.25, -0.2) is 0 Å². The summed E-state index contributed by atoms with van der Waals surface area (Å²) in [6.07, 6.45) is 13.9. The molecule has 0 aliphatic heterocycles. The molecule has 0 aliphatic carbocycles. The van der Waals surface area contributed by atoms with Gasteiger partial charge in [0.25, 0.3) is 0 Å². The Labute approximate surface area is 197 Å². The minimum atomic E-state index is -4.07. The fraction of sp³-hybridized carbons (Fsp3) is 1.00. The van der Waals surface area contributed by atoms with Gasteiger partial charge in [0.1, 0.15) is 0 Å². The van der Waals surface area contributed by atoms with E-state index in [4.69, 9.17) is 10.9 Å². The molecule has 0 atom stereocenters. The van der Waals surface area contributed by atoms with Gasteiger partial charge >= 0.3 is 198 Å². The molecule has 0 saturated heterocycles. The van der Waals surface area contributed by atoms with Crippen LogP contribution in [0.1, 0.15) is 119 Å². The van der Waals surface area contributed by atoms with Gasteiger partial charge in [-0.2, -0.15) is 0 Å². The van der Waals surface area contributed by atoms with Crippen LogP contribution in [0.4, 0.5) is 0 Å². The van der Waals surface area contributed by atoms with Crippen molar-refractivity contribution in [2.45, 2.75) is 137 Å². The second-order valence-electron chi connectivity index (χ2n) is 8.70. The standard InChI is InChI=1S/C12H27OSi.3C4H9O.Zr/c1-4-7-10-14(13,11-8-5-2)12-9-6-3;3*1-2-3-4-5;/h4-12H2,1-3H3;3*2-4H2,1H3;/q4*-1;+4. The Hall–Kier alpha value is 0.940. The van der Waals surface area contributed by atoms with Gasteiger partial charge in [-0.1, -0.05) is 0 Å². The van der Waals surface area contributed by atoms with Crippen molar-refractivity contribution in [3.05, 3.63) is 0 Å². The van der Waals surface area contributed by atoms with Crippen molar-refractivity contribution >= 4 is 8.32 Å². The molecule has 0 heterocycles. The first-order valence-corrected chi connectivity index (χ1v) is 19.7. The first-order valence-electron chi connectivity index (χ1n) is 13.2. The third-order valence-electron chi connectivity index (χ3n) is 5.63. The van der Waals surface area contributed by atoms with Gasteiger partial charge in [0, 0.05) is 0 Å². The molecule has 4 nitrogen and oxygen atoms in total. The summed E-state index contributed by atoms with van der Waals surface area (Å²) in [5.41, 5.74) is 0. The SMILES string of the molecule is CCCC[O][Zr]([O]CCCC)([O]CCCC)[O][Si](CCCC)(CCCC)CCCC. The van der Waals surface area contributed by atoms with Crippen LogP contribution >= 0.6 is 0 Å². The first-order chi connectivity index (χ1) is 14.6. The van der Waals surface area contributed by atoms with Crippen molar-refractivity contribution in [2.24, 2.45) is 0 Å². The zero-order valence-electron chi connectivity index (χ0n) is 21.4. The normalized spacial score (nSPS) is 12.6. The summed E-state index contributed by atoms with van der Waals surface area (Å²) in [6.45, 7) is 15.6. The molecule has 0 N–H and O–H groups in total. The third-order valence-corrected chi connectivity index (χ3v) is 19.3. The molecular formula is C24H54O4SiZr. The Balaban J connectivity index is 5.77. The Morgan fingerprint density at radius 3 is 1.03 bits per heavy atom. The van der Waals surface area contributed by atoms with Crippen molar-refractivity contribution < 1.29 is 33.0 Å². The molecule has 182 valence electrons. The van der Waals surface area contributed by atoms with E-state index in [9.17, 15) is 0 Å². The summed E-state index contributed by atoms with van der Waals surface area (Å²) < 4.78 is 26.9. The molecule has 0 fully saturated rings. The molecule has 6 heteroatoms. The number of unbranched alkanes of at least 4 members (excludes halogenated alkanes) is 6. The van der Waals surface area contributed by atoms with Crippen LogP contribution in [0.25, 0.3) is 0 Å². The Morgan fingerprint density at radius 2 is 0.767 bits per heavy atom.